The van der Waals surface area contributed by atoms with Gasteiger partial charge in [-0.25, -0.2) is 4.98 Å². The number of rotatable bonds is 9. The van der Waals surface area contributed by atoms with Gasteiger partial charge in [-0.3, -0.25) is 4.99 Å². The highest BCUT2D eigenvalue weighted by Crippen LogP contribution is 2.19. The predicted molar refractivity (Wildman–Crippen MR) is 103 cm³/mol. The van der Waals surface area contributed by atoms with Gasteiger partial charge in [-0.1, -0.05) is 11.6 Å². The molecule has 0 unspecified atom stereocenters. The number of aryl methyl sites for hydroxylation is 1. The number of aromatic nitrogens is 2. The summed E-state index contributed by atoms with van der Waals surface area (Å²) in [6, 6.07) is 7.93. The lowest BCUT2D eigenvalue weighted by molar-refractivity contribution is 0.647. The molecule has 0 fully saturated rings. The highest BCUT2D eigenvalue weighted by Gasteiger charge is 1.98. The molecule has 0 aliphatic rings. The van der Waals surface area contributed by atoms with Crippen LogP contribution in [0.3, 0.4) is 0 Å². The molecule has 0 aliphatic carbocycles. The molecular formula is C17H24ClN5S. The van der Waals surface area contributed by atoms with Gasteiger partial charge in [0.25, 0.3) is 0 Å². The molecule has 0 radical (unpaired) electrons. The van der Waals surface area contributed by atoms with E-state index in [9.17, 15) is 0 Å². The Morgan fingerprint density at radius 3 is 2.83 bits per heavy atom. The number of imidazole rings is 1. The van der Waals surface area contributed by atoms with E-state index in [1.165, 1.54) is 4.90 Å². The summed E-state index contributed by atoms with van der Waals surface area (Å²) < 4.78 is 2.07. The number of hydrogen-bond acceptors (Lipinski definition) is 3. The van der Waals surface area contributed by atoms with Crippen molar-refractivity contribution in [2.75, 3.05) is 25.4 Å². The number of aliphatic imine (C=N–C) groups is 1. The van der Waals surface area contributed by atoms with Gasteiger partial charge in [0.2, 0.25) is 0 Å². The Hall–Kier alpha value is -1.66. The van der Waals surface area contributed by atoms with Gasteiger partial charge in [-0.15, -0.1) is 11.8 Å². The summed E-state index contributed by atoms with van der Waals surface area (Å²) in [6.45, 7) is 5.52. The number of thioether (sulfide) groups is 1. The molecule has 1 aromatic carbocycles. The first-order valence-electron chi connectivity index (χ1n) is 8.14. The van der Waals surface area contributed by atoms with Gasteiger partial charge in [0, 0.05) is 54.2 Å². The average molecular weight is 366 g/mol. The van der Waals surface area contributed by atoms with E-state index in [-0.39, 0.29) is 0 Å². The number of halogens is 1. The van der Waals surface area contributed by atoms with Crippen molar-refractivity contribution in [1.82, 2.24) is 20.2 Å². The van der Waals surface area contributed by atoms with E-state index in [1.807, 2.05) is 36.8 Å². The van der Waals surface area contributed by atoms with Crippen LogP contribution in [0, 0.1) is 0 Å². The van der Waals surface area contributed by atoms with Gasteiger partial charge in [-0.05, 0) is 37.6 Å². The number of hydrogen-bond donors (Lipinski definition) is 2. The van der Waals surface area contributed by atoms with E-state index in [0.29, 0.717) is 0 Å². The predicted octanol–water partition coefficient (Wildman–Crippen LogP) is 3.27. The Labute approximate surface area is 152 Å². The lowest BCUT2D eigenvalue weighted by Gasteiger charge is -2.11. The van der Waals surface area contributed by atoms with Crippen LogP contribution in [-0.4, -0.2) is 40.9 Å². The molecule has 0 amide bonds. The first kappa shape index (κ1) is 18.7. The normalized spacial score (nSPS) is 11.5. The van der Waals surface area contributed by atoms with Crippen molar-refractivity contribution in [3.63, 3.8) is 0 Å². The maximum Gasteiger partial charge on any atom is 0.191 e. The fourth-order valence-electron chi connectivity index (χ4n) is 2.07. The maximum atomic E-state index is 5.89. The molecule has 0 saturated carbocycles. The Morgan fingerprint density at radius 1 is 1.29 bits per heavy atom. The molecule has 2 N–H and O–H groups in total. The minimum atomic E-state index is 0.773. The molecule has 2 rings (SSSR count). The molecule has 2 aromatic rings. The van der Waals surface area contributed by atoms with Gasteiger partial charge in [-0.2, -0.15) is 0 Å². The van der Waals surface area contributed by atoms with Crippen molar-refractivity contribution in [2.24, 2.45) is 4.99 Å². The summed E-state index contributed by atoms with van der Waals surface area (Å²) in [6.07, 6.45) is 6.60. The lowest BCUT2D eigenvalue weighted by Crippen LogP contribution is -2.38. The summed E-state index contributed by atoms with van der Waals surface area (Å²) in [7, 11) is 0. The largest absolute Gasteiger partial charge is 0.357 e. The van der Waals surface area contributed by atoms with Crippen molar-refractivity contribution in [1.29, 1.82) is 0 Å². The number of guanidine groups is 1. The molecule has 7 heteroatoms. The molecule has 24 heavy (non-hydrogen) atoms. The molecule has 5 nitrogen and oxygen atoms in total. The quantitative estimate of drug-likeness (QED) is 0.310. The molecular weight excluding hydrogens is 342 g/mol. The highest BCUT2D eigenvalue weighted by atomic mass is 35.5. The first-order chi connectivity index (χ1) is 11.8. The van der Waals surface area contributed by atoms with Crippen LogP contribution in [0.25, 0.3) is 0 Å². The Morgan fingerprint density at radius 2 is 2.12 bits per heavy atom. The van der Waals surface area contributed by atoms with Crippen LogP contribution in [0.15, 0.2) is 52.9 Å². The summed E-state index contributed by atoms with van der Waals surface area (Å²) in [5, 5.41) is 7.42. The minimum absolute atomic E-state index is 0.773. The second kappa shape index (κ2) is 11.0. The highest BCUT2D eigenvalue weighted by molar-refractivity contribution is 7.99. The van der Waals surface area contributed by atoms with Gasteiger partial charge in [0.1, 0.15) is 0 Å². The fraction of sp³-hybridized carbons (Fsp3) is 0.412. The third-order valence-corrected chi connectivity index (χ3v) is 4.49. The zero-order valence-electron chi connectivity index (χ0n) is 13.9. The molecule has 1 aromatic heterocycles. The molecule has 130 valence electrons. The van der Waals surface area contributed by atoms with E-state index in [1.54, 1.807) is 18.0 Å². The lowest BCUT2D eigenvalue weighted by atomic mass is 10.4. The first-order valence-corrected chi connectivity index (χ1v) is 9.50. The molecule has 0 aliphatic heterocycles. The van der Waals surface area contributed by atoms with Gasteiger partial charge in [0.15, 0.2) is 5.96 Å². The second-order valence-electron chi connectivity index (χ2n) is 5.14. The second-order valence-corrected chi connectivity index (χ2v) is 6.75. The molecule has 0 bridgehead atoms. The van der Waals surface area contributed by atoms with Crippen molar-refractivity contribution in [3.8, 4) is 0 Å². The zero-order chi connectivity index (χ0) is 17.0. The molecule has 1 heterocycles. The van der Waals surface area contributed by atoms with Crippen LogP contribution in [0.2, 0.25) is 5.02 Å². The standard InChI is InChI=1S/C17H24ClN5S/c1-2-20-17(21-8-3-11-23-12-9-19-14-23)22-10-13-24-16-6-4-15(18)5-7-16/h4-7,9,12,14H,2-3,8,10-11,13H2,1H3,(H2,20,21,22). The van der Waals surface area contributed by atoms with E-state index in [2.05, 4.69) is 32.1 Å². The Balaban J connectivity index is 1.65. The van der Waals surface area contributed by atoms with E-state index in [4.69, 9.17) is 11.6 Å². The number of benzene rings is 1. The van der Waals surface area contributed by atoms with Crippen LogP contribution >= 0.6 is 23.4 Å². The van der Waals surface area contributed by atoms with Crippen LogP contribution in [0.5, 0.6) is 0 Å². The van der Waals surface area contributed by atoms with Crippen LogP contribution in [0.4, 0.5) is 0 Å². The average Bonchev–Trinajstić information content (AvgIpc) is 3.10. The third kappa shape index (κ3) is 7.27. The molecule has 0 spiro atoms. The van der Waals surface area contributed by atoms with Crippen molar-refractivity contribution in [3.05, 3.63) is 48.0 Å². The number of nitrogens with zero attached hydrogens (tertiary/aromatic N) is 3. The smallest absolute Gasteiger partial charge is 0.191 e. The fourth-order valence-corrected chi connectivity index (χ4v) is 2.97. The summed E-state index contributed by atoms with van der Waals surface area (Å²) in [5.41, 5.74) is 0. The zero-order valence-corrected chi connectivity index (χ0v) is 15.5. The third-order valence-electron chi connectivity index (χ3n) is 3.22. The van der Waals surface area contributed by atoms with Crippen molar-refractivity contribution >= 4 is 29.3 Å². The van der Waals surface area contributed by atoms with Crippen molar-refractivity contribution in [2.45, 2.75) is 24.8 Å². The van der Waals surface area contributed by atoms with Crippen LogP contribution in [-0.2, 0) is 6.54 Å². The van der Waals surface area contributed by atoms with Gasteiger partial charge in [0.05, 0.1) is 6.33 Å². The monoisotopic (exact) mass is 365 g/mol. The van der Waals surface area contributed by atoms with Crippen LogP contribution in [0.1, 0.15) is 13.3 Å². The van der Waals surface area contributed by atoms with Crippen molar-refractivity contribution < 1.29 is 0 Å². The maximum absolute atomic E-state index is 5.89. The van der Waals surface area contributed by atoms with Gasteiger partial charge >= 0.3 is 0 Å². The number of nitrogens with one attached hydrogen (secondary N) is 2. The van der Waals surface area contributed by atoms with E-state index < -0.39 is 0 Å². The molecule has 0 saturated heterocycles. The SMILES string of the molecule is CCNC(=NCCCn1ccnc1)NCCSc1ccc(Cl)cc1. The Bertz CT molecular complexity index is 598. The van der Waals surface area contributed by atoms with E-state index >= 15 is 0 Å². The molecule has 0 atom stereocenters. The van der Waals surface area contributed by atoms with Crippen LogP contribution < -0.4 is 10.6 Å². The minimum Gasteiger partial charge on any atom is -0.357 e. The summed E-state index contributed by atoms with van der Waals surface area (Å²) in [4.78, 5) is 9.87. The van der Waals surface area contributed by atoms with E-state index in [0.717, 1.165) is 49.3 Å². The topological polar surface area (TPSA) is 54.2 Å². The Kier molecular flexibility index (Phi) is 8.55. The van der Waals surface area contributed by atoms with Gasteiger partial charge < -0.3 is 15.2 Å². The summed E-state index contributed by atoms with van der Waals surface area (Å²) >= 11 is 7.69. The summed E-state index contributed by atoms with van der Waals surface area (Å²) in [5.74, 6) is 1.85.